The van der Waals surface area contributed by atoms with E-state index in [4.69, 9.17) is 4.42 Å². The lowest BCUT2D eigenvalue weighted by molar-refractivity contribution is 0.0924. The summed E-state index contributed by atoms with van der Waals surface area (Å²) in [5, 5.41) is 11.5. The van der Waals surface area contributed by atoms with Gasteiger partial charge in [-0.25, -0.2) is 4.68 Å². The molecular weight excluding hydrogens is 388 g/mol. The third-order valence-electron chi connectivity index (χ3n) is 5.76. The van der Waals surface area contributed by atoms with Crippen molar-refractivity contribution in [3.63, 3.8) is 0 Å². The van der Waals surface area contributed by atoms with Gasteiger partial charge in [-0.2, -0.15) is 5.10 Å². The maximum Gasteiger partial charge on any atom is 0.255 e. The molecule has 1 aromatic carbocycles. The summed E-state index contributed by atoms with van der Waals surface area (Å²) < 4.78 is 7.52. The summed E-state index contributed by atoms with van der Waals surface area (Å²) in [5.41, 5.74) is 2.03. The Balaban J connectivity index is 0.00000205. The molecule has 2 fully saturated rings. The fourth-order valence-electron chi connectivity index (χ4n) is 4.44. The number of aryl methyl sites for hydroxylation is 1. The molecule has 0 spiro atoms. The summed E-state index contributed by atoms with van der Waals surface area (Å²) in [4.78, 5) is 13.2. The summed E-state index contributed by atoms with van der Waals surface area (Å²) in [6.45, 7) is 1.89. The average molecular weight is 413 g/mol. The second-order valence-corrected chi connectivity index (χ2v) is 7.86. The van der Waals surface area contributed by atoms with Gasteiger partial charge < -0.3 is 15.1 Å². The number of hydrogen-bond donors (Lipinski definition) is 2. The number of carbonyl (C=O) groups is 1. The number of furan rings is 1. The monoisotopic (exact) mass is 412 g/mol. The first-order valence-corrected chi connectivity index (χ1v) is 9.94. The molecule has 6 nitrogen and oxygen atoms in total. The van der Waals surface area contributed by atoms with Crippen LogP contribution in [-0.2, 0) is 0 Å². The summed E-state index contributed by atoms with van der Waals surface area (Å²) in [5.74, 6) is 1.32. The molecule has 2 atom stereocenters. The normalized spacial score (nSPS) is 22.9. The molecule has 2 aliphatic heterocycles. The van der Waals surface area contributed by atoms with Crippen LogP contribution in [0.3, 0.4) is 0 Å². The van der Waals surface area contributed by atoms with Gasteiger partial charge in [-0.15, -0.1) is 12.4 Å². The molecule has 4 heterocycles. The van der Waals surface area contributed by atoms with Crippen LogP contribution in [0.25, 0.3) is 17.1 Å². The summed E-state index contributed by atoms with van der Waals surface area (Å²) in [6.07, 6.45) is 6.20. The van der Waals surface area contributed by atoms with E-state index < -0.39 is 0 Å². The topological polar surface area (TPSA) is 72.1 Å². The minimum Gasteiger partial charge on any atom is -0.460 e. The SMILES string of the molecule is Cc1ccc(-c2nn(-c3ccccc3)cc2C(=O)NC2CC3CCC(C2)N3)o1.Cl. The Kier molecular flexibility index (Phi) is 5.48. The molecule has 5 rings (SSSR count). The van der Waals surface area contributed by atoms with Crippen molar-refractivity contribution in [1.29, 1.82) is 0 Å². The van der Waals surface area contributed by atoms with Crippen LogP contribution < -0.4 is 10.6 Å². The van der Waals surface area contributed by atoms with E-state index in [0.717, 1.165) is 24.3 Å². The lowest BCUT2D eigenvalue weighted by atomic mass is 9.99. The fraction of sp³-hybridized carbons (Fsp3) is 0.364. The molecular formula is C22H25ClN4O2. The number of halogens is 1. The predicted octanol–water partition coefficient (Wildman–Crippen LogP) is 3.88. The fourth-order valence-corrected chi connectivity index (χ4v) is 4.44. The van der Waals surface area contributed by atoms with Crippen LogP contribution >= 0.6 is 12.4 Å². The molecule has 0 aliphatic carbocycles. The maximum absolute atomic E-state index is 13.2. The first-order valence-electron chi connectivity index (χ1n) is 9.94. The van der Waals surface area contributed by atoms with Crippen LogP contribution in [0.1, 0.15) is 41.8 Å². The van der Waals surface area contributed by atoms with Gasteiger partial charge in [0.1, 0.15) is 11.5 Å². The van der Waals surface area contributed by atoms with Crippen molar-refractivity contribution >= 4 is 18.3 Å². The van der Waals surface area contributed by atoms with Crippen LogP contribution in [0.5, 0.6) is 0 Å². The summed E-state index contributed by atoms with van der Waals surface area (Å²) >= 11 is 0. The third-order valence-corrected chi connectivity index (χ3v) is 5.76. The molecule has 1 amide bonds. The second-order valence-electron chi connectivity index (χ2n) is 7.86. The minimum atomic E-state index is -0.0856. The highest BCUT2D eigenvalue weighted by Gasteiger charge is 2.34. The summed E-state index contributed by atoms with van der Waals surface area (Å²) in [7, 11) is 0. The number of rotatable bonds is 4. The van der Waals surface area contributed by atoms with Gasteiger partial charge in [0.05, 0.1) is 11.3 Å². The number of piperidine rings is 1. The first kappa shape index (κ1) is 19.7. The van der Waals surface area contributed by atoms with E-state index in [0.29, 0.717) is 29.1 Å². The van der Waals surface area contributed by atoms with E-state index in [1.165, 1.54) is 12.8 Å². The Morgan fingerprint density at radius 3 is 2.52 bits per heavy atom. The Bertz CT molecular complexity index is 985. The number of para-hydroxylation sites is 1. The molecule has 2 aromatic heterocycles. The zero-order chi connectivity index (χ0) is 19.1. The number of benzene rings is 1. The Hall–Kier alpha value is -2.57. The number of hydrogen-bond acceptors (Lipinski definition) is 4. The van der Waals surface area contributed by atoms with Crippen molar-refractivity contribution < 1.29 is 9.21 Å². The van der Waals surface area contributed by atoms with Crippen LogP contribution in [0.15, 0.2) is 53.1 Å². The number of nitrogens with one attached hydrogen (secondary N) is 2. The molecule has 2 N–H and O–H groups in total. The van der Waals surface area contributed by atoms with Gasteiger partial charge in [0.25, 0.3) is 5.91 Å². The summed E-state index contributed by atoms with van der Waals surface area (Å²) in [6, 6.07) is 14.8. The number of aromatic nitrogens is 2. The van der Waals surface area contributed by atoms with Crippen LogP contribution in [0.2, 0.25) is 0 Å². The van der Waals surface area contributed by atoms with Gasteiger partial charge in [-0.05, 0) is 56.9 Å². The maximum atomic E-state index is 13.2. The van der Waals surface area contributed by atoms with Crippen LogP contribution in [-0.4, -0.2) is 33.8 Å². The van der Waals surface area contributed by atoms with E-state index >= 15 is 0 Å². The zero-order valence-electron chi connectivity index (χ0n) is 16.3. The van der Waals surface area contributed by atoms with Gasteiger partial charge in [0, 0.05) is 24.3 Å². The van der Waals surface area contributed by atoms with E-state index in [1.807, 2.05) is 49.4 Å². The first-order chi connectivity index (χ1) is 13.7. The number of amides is 1. The minimum absolute atomic E-state index is 0. The molecule has 2 aliphatic rings. The molecule has 7 heteroatoms. The highest BCUT2D eigenvalue weighted by molar-refractivity contribution is 5.99. The third kappa shape index (κ3) is 3.95. The quantitative estimate of drug-likeness (QED) is 0.682. The lowest BCUT2D eigenvalue weighted by Gasteiger charge is -2.29. The average Bonchev–Trinajstić information content (AvgIpc) is 3.41. The highest BCUT2D eigenvalue weighted by atomic mass is 35.5. The van der Waals surface area contributed by atoms with Crippen molar-refractivity contribution in [2.45, 2.75) is 50.7 Å². The molecule has 2 unspecified atom stereocenters. The highest BCUT2D eigenvalue weighted by Crippen LogP contribution is 2.29. The smallest absolute Gasteiger partial charge is 0.255 e. The lowest BCUT2D eigenvalue weighted by Crippen LogP contribution is -2.48. The largest absolute Gasteiger partial charge is 0.460 e. The van der Waals surface area contributed by atoms with Crippen molar-refractivity contribution in [2.24, 2.45) is 0 Å². The molecule has 2 bridgehead atoms. The molecule has 0 saturated carbocycles. The Morgan fingerprint density at radius 1 is 1.14 bits per heavy atom. The van der Waals surface area contributed by atoms with E-state index in [1.54, 1.807) is 10.9 Å². The Labute approximate surface area is 176 Å². The van der Waals surface area contributed by atoms with Crippen molar-refractivity contribution in [2.75, 3.05) is 0 Å². The van der Waals surface area contributed by atoms with Crippen molar-refractivity contribution in [3.05, 3.63) is 60.0 Å². The van der Waals surface area contributed by atoms with Gasteiger partial charge in [0.2, 0.25) is 0 Å². The van der Waals surface area contributed by atoms with E-state index in [2.05, 4.69) is 15.7 Å². The molecule has 29 heavy (non-hydrogen) atoms. The zero-order valence-corrected chi connectivity index (χ0v) is 17.1. The number of fused-ring (bicyclic) bond motifs is 2. The molecule has 0 radical (unpaired) electrons. The van der Waals surface area contributed by atoms with Gasteiger partial charge in [-0.3, -0.25) is 4.79 Å². The van der Waals surface area contributed by atoms with Crippen molar-refractivity contribution in [3.8, 4) is 17.1 Å². The van der Waals surface area contributed by atoms with E-state index in [9.17, 15) is 4.79 Å². The number of nitrogens with zero attached hydrogens (tertiary/aromatic N) is 2. The number of carbonyl (C=O) groups excluding carboxylic acids is 1. The van der Waals surface area contributed by atoms with Gasteiger partial charge in [-0.1, -0.05) is 18.2 Å². The second kappa shape index (κ2) is 8.05. The van der Waals surface area contributed by atoms with Gasteiger partial charge in [0.15, 0.2) is 5.76 Å². The van der Waals surface area contributed by atoms with E-state index in [-0.39, 0.29) is 24.4 Å². The predicted molar refractivity (Wildman–Crippen MR) is 114 cm³/mol. The van der Waals surface area contributed by atoms with Gasteiger partial charge >= 0.3 is 0 Å². The molecule has 152 valence electrons. The van der Waals surface area contributed by atoms with Crippen molar-refractivity contribution in [1.82, 2.24) is 20.4 Å². The standard InChI is InChI=1S/C22H24N4O2.ClH/c1-14-7-10-20(28-14)21-19(13-26(25-21)18-5-3-2-4-6-18)22(27)24-17-11-15-8-9-16(12-17)23-15;/h2-7,10,13,15-17,23H,8-9,11-12H2,1H3,(H,24,27);1H. The van der Waals surface area contributed by atoms with Crippen LogP contribution in [0, 0.1) is 6.92 Å². The molecule has 2 saturated heterocycles. The molecule has 3 aromatic rings. The van der Waals surface area contributed by atoms with Crippen LogP contribution in [0.4, 0.5) is 0 Å². The Morgan fingerprint density at radius 2 is 1.86 bits per heavy atom.